The minimum atomic E-state index is 0.245. The number of ether oxygens (including phenoxy) is 2. The van der Waals surface area contributed by atoms with E-state index in [0.29, 0.717) is 30.1 Å². The van der Waals surface area contributed by atoms with Crippen molar-refractivity contribution in [2.24, 2.45) is 0 Å². The maximum atomic E-state index is 5.38. The fraction of sp³-hybridized carbons (Fsp3) is 0.375. The highest BCUT2D eigenvalue weighted by Gasteiger charge is 2.20. The number of nitrogens with one attached hydrogen (secondary N) is 1. The van der Waals surface area contributed by atoms with Crippen molar-refractivity contribution in [2.75, 3.05) is 6.79 Å². The Bertz CT molecular complexity index is 905. The van der Waals surface area contributed by atoms with Crippen molar-refractivity contribution in [1.29, 1.82) is 0 Å². The molecule has 0 aliphatic carbocycles. The highest BCUT2D eigenvalue weighted by molar-refractivity contribution is 5.61. The van der Waals surface area contributed by atoms with Crippen molar-refractivity contribution in [3.63, 3.8) is 0 Å². The lowest BCUT2D eigenvalue weighted by Gasteiger charge is -2.22. The lowest BCUT2D eigenvalue weighted by Crippen LogP contribution is -2.37. The number of aryl methyl sites for hydroxylation is 1. The molecule has 5 rings (SSSR count). The second kappa shape index (κ2) is 5.85. The van der Waals surface area contributed by atoms with Crippen molar-refractivity contribution in [3.05, 3.63) is 36.2 Å². The number of benzene rings is 1. The number of hydrogen-bond donors (Lipinski definition) is 1. The Morgan fingerprint density at radius 3 is 3.20 bits per heavy atom. The molecule has 2 aliphatic rings. The van der Waals surface area contributed by atoms with Gasteiger partial charge in [-0.2, -0.15) is 10.1 Å². The second-order valence-electron chi connectivity index (χ2n) is 6.05. The van der Waals surface area contributed by atoms with Gasteiger partial charge in [0, 0.05) is 18.0 Å². The van der Waals surface area contributed by atoms with E-state index in [1.165, 1.54) is 0 Å². The molecule has 2 aliphatic heterocycles. The average Bonchev–Trinajstić information content (AvgIpc) is 3.38. The summed E-state index contributed by atoms with van der Waals surface area (Å²) in [6.45, 7) is 1.57. The molecule has 25 heavy (non-hydrogen) atoms. The van der Waals surface area contributed by atoms with E-state index in [1.807, 2.05) is 22.9 Å². The summed E-state index contributed by atoms with van der Waals surface area (Å²) >= 11 is 0. The van der Waals surface area contributed by atoms with Gasteiger partial charge in [0.05, 0.1) is 13.1 Å². The van der Waals surface area contributed by atoms with Gasteiger partial charge in [-0.1, -0.05) is 5.16 Å². The first-order valence-electron chi connectivity index (χ1n) is 8.18. The third kappa shape index (κ3) is 2.72. The van der Waals surface area contributed by atoms with Crippen LogP contribution in [0.3, 0.4) is 0 Å². The Balaban J connectivity index is 1.25. The largest absolute Gasteiger partial charge is 0.454 e. The minimum absolute atomic E-state index is 0.245. The quantitative estimate of drug-likeness (QED) is 0.755. The van der Waals surface area contributed by atoms with E-state index >= 15 is 0 Å². The average molecular weight is 340 g/mol. The minimum Gasteiger partial charge on any atom is -0.454 e. The van der Waals surface area contributed by atoms with Gasteiger partial charge >= 0.3 is 0 Å². The Kier molecular flexibility index (Phi) is 3.37. The van der Waals surface area contributed by atoms with Crippen LogP contribution in [-0.4, -0.2) is 37.7 Å². The van der Waals surface area contributed by atoms with Crippen LogP contribution in [0.2, 0.25) is 0 Å². The smallest absolute Gasteiger partial charge is 0.240 e. The molecule has 1 atom stereocenters. The first-order chi connectivity index (χ1) is 12.3. The van der Waals surface area contributed by atoms with Crippen LogP contribution in [0.25, 0.3) is 11.4 Å². The van der Waals surface area contributed by atoms with Crippen LogP contribution in [0.5, 0.6) is 11.5 Å². The van der Waals surface area contributed by atoms with Gasteiger partial charge in [-0.25, -0.2) is 9.67 Å². The molecule has 0 fully saturated rings. The summed E-state index contributed by atoms with van der Waals surface area (Å²) < 4.78 is 18.0. The molecule has 0 radical (unpaired) electrons. The van der Waals surface area contributed by atoms with Gasteiger partial charge in [0.15, 0.2) is 11.5 Å². The summed E-state index contributed by atoms with van der Waals surface area (Å²) in [5.74, 6) is 3.57. The zero-order chi connectivity index (χ0) is 16.6. The van der Waals surface area contributed by atoms with Crippen LogP contribution in [0.4, 0.5) is 0 Å². The molecule has 9 heteroatoms. The van der Waals surface area contributed by atoms with Crippen LogP contribution < -0.4 is 14.8 Å². The monoisotopic (exact) mass is 340 g/mol. The van der Waals surface area contributed by atoms with Gasteiger partial charge in [-0.3, -0.25) is 0 Å². The van der Waals surface area contributed by atoms with E-state index in [4.69, 9.17) is 14.0 Å². The van der Waals surface area contributed by atoms with E-state index in [0.717, 1.165) is 36.5 Å². The van der Waals surface area contributed by atoms with Gasteiger partial charge < -0.3 is 19.3 Å². The summed E-state index contributed by atoms with van der Waals surface area (Å²) in [7, 11) is 0. The molecule has 0 saturated carbocycles. The molecule has 0 amide bonds. The molecule has 0 spiro atoms. The molecule has 0 bridgehead atoms. The third-order valence-corrected chi connectivity index (χ3v) is 4.45. The van der Waals surface area contributed by atoms with Crippen LogP contribution >= 0.6 is 0 Å². The standard InChI is InChI=1S/C16H16N6O3/c1-3-12-13(24-9-23-12)5-10(1)16-20-15(25-21-16)6-17-11-2-4-14-18-8-19-22(14)7-11/h1,3,5,8,11,17H,2,4,6-7,9H2. The van der Waals surface area contributed by atoms with Crippen LogP contribution in [0.15, 0.2) is 29.0 Å². The molecule has 2 aromatic heterocycles. The van der Waals surface area contributed by atoms with Gasteiger partial charge in [0.2, 0.25) is 18.5 Å². The topological polar surface area (TPSA) is 100 Å². The molecule has 3 aromatic rings. The zero-order valence-corrected chi connectivity index (χ0v) is 13.4. The molecule has 1 aromatic carbocycles. The van der Waals surface area contributed by atoms with E-state index in [-0.39, 0.29) is 6.79 Å². The summed E-state index contributed by atoms with van der Waals surface area (Å²) in [6.07, 6.45) is 3.54. The molecule has 4 heterocycles. The SMILES string of the molecule is c1nc2n(n1)CC(NCc1nc(-c3ccc4c(c3)OCO4)no1)CC2. The first-order valence-corrected chi connectivity index (χ1v) is 8.18. The van der Waals surface area contributed by atoms with Gasteiger partial charge in [-0.05, 0) is 24.6 Å². The second-order valence-corrected chi connectivity index (χ2v) is 6.05. The number of aromatic nitrogens is 5. The molecular formula is C16H16N6O3. The lowest BCUT2D eigenvalue weighted by molar-refractivity contribution is 0.174. The third-order valence-electron chi connectivity index (χ3n) is 4.45. The van der Waals surface area contributed by atoms with Crippen LogP contribution in [0.1, 0.15) is 18.1 Å². The Labute approximate surface area is 143 Å². The zero-order valence-electron chi connectivity index (χ0n) is 13.4. The molecule has 1 unspecified atom stereocenters. The summed E-state index contributed by atoms with van der Waals surface area (Å²) in [4.78, 5) is 8.69. The molecular weight excluding hydrogens is 324 g/mol. The molecule has 1 N–H and O–H groups in total. The number of hydrogen-bond acceptors (Lipinski definition) is 8. The predicted molar refractivity (Wildman–Crippen MR) is 84.8 cm³/mol. The molecule has 128 valence electrons. The molecule has 0 saturated heterocycles. The van der Waals surface area contributed by atoms with Crippen molar-refractivity contribution >= 4 is 0 Å². The van der Waals surface area contributed by atoms with E-state index in [9.17, 15) is 0 Å². The lowest BCUT2D eigenvalue weighted by atomic mass is 10.1. The summed E-state index contributed by atoms with van der Waals surface area (Å²) in [6, 6.07) is 5.92. The fourth-order valence-corrected chi connectivity index (χ4v) is 3.12. The summed E-state index contributed by atoms with van der Waals surface area (Å²) in [5, 5.41) is 11.7. The Hall–Kier alpha value is -2.94. The van der Waals surface area contributed by atoms with Gasteiger partial charge in [0.25, 0.3) is 0 Å². The summed E-state index contributed by atoms with van der Waals surface area (Å²) in [5.41, 5.74) is 0.837. The highest BCUT2D eigenvalue weighted by Crippen LogP contribution is 2.35. The fourth-order valence-electron chi connectivity index (χ4n) is 3.12. The van der Waals surface area contributed by atoms with Crippen molar-refractivity contribution in [1.82, 2.24) is 30.2 Å². The maximum Gasteiger partial charge on any atom is 0.240 e. The van der Waals surface area contributed by atoms with Gasteiger partial charge in [0.1, 0.15) is 12.2 Å². The normalized spacial score (nSPS) is 18.3. The van der Waals surface area contributed by atoms with E-state index in [2.05, 4.69) is 25.5 Å². The highest BCUT2D eigenvalue weighted by atomic mass is 16.7. The van der Waals surface area contributed by atoms with Crippen molar-refractivity contribution in [3.8, 4) is 22.9 Å². The number of nitrogens with zero attached hydrogens (tertiary/aromatic N) is 5. The van der Waals surface area contributed by atoms with Gasteiger partial charge in [-0.15, -0.1) is 0 Å². The Morgan fingerprint density at radius 1 is 1.24 bits per heavy atom. The number of fused-ring (bicyclic) bond motifs is 2. The number of rotatable bonds is 4. The predicted octanol–water partition coefficient (Wildman–Crippen LogP) is 1.16. The Morgan fingerprint density at radius 2 is 2.20 bits per heavy atom. The van der Waals surface area contributed by atoms with Crippen LogP contribution in [0, 0.1) is 0 Å². The van der Waals surface area contributed by atoms with Crippen LogP contribution in [-0.2, 0) is 19.5 Å². The van der Waals surface area contributed by atoms with E-state index < -0.39 is 0 Å². The molecule has 9 nitrogen and oxygen atoms in total. The van der Waals surface area contributed by atoms with Crippen molar-refractivity contribution < 1.29 is 14.0 Å². The first kappa shape index (κ1) is 14.4. The van der Waals surface area contributed by atoms with Crippen molar-refractivity contribution in [2.45, 2.75) is 32.0 Å². The maximum absolute atomic E-state index is 5.38. The van der Waals surface area contributed by atoms with E-state index in [1.54, 1.807) is 6.33 Å².